The van der Waals surface area contributed by atoms with Crippen LogP contribution in [0.1, 0.15) is 45.6 Å². The molecule has 0 saturated carbocycles. The molecule has 21 heavy (non-hydrogen) atoms. The van der Waals surface area contributed by atoms with Crippen LogP contribution >= 0.6 is 0 Å². The molecular weight excluding hydrogens is 272 g/mol. The zero-order valence-corrected chi connectivity index (χ0v) is 13.2. The summed E-state index contributed by atoms with van der Waals surface area (Å²) in [5, 5.41) is 6.45. The molecule has 0 amide bonds. The minimum Gasteiger partial charge on any atom is -0.357 e. The third-order valence-corrected chi connectivity index (χ3v) is 3.36. The molecule has 0 fully saturated rings. The van der Waals surface area contributed by atoms with Gasteiger partial charge in [-0.1, -0.05) is 19.9 Å². The summed E-state index contributed by atoms with van der Waals surface area (Å²) in [6.45, 7) is 9.26. The zero-order chi connectivity index (χ0) is 15.8. The Morgan fingerprint density at radius 3 is 2.52 bits per heavy atom. The second kappa shape index (κ2) is 8.60. The van der Waals surface area contributed by atoms with Crippen molar-refractivity contribution in [2.45, 2.75) is 46.1 Å². The van der Waals surface area contributed by atoms with Crippen molar-refractivity contribution in [3.05, 3.63) is 35.4 Å². The number of rotatable bonds is 6. The Hall–Kier alpha value is -1.65. The number of hydrogen-bond donors (Lipinski definition) is 2. The fourth-order valence-corrected chi connectivity index (χ4v) is 1.88. The number of nitrogens with zero attached hydrogens (tertiary/aromatic N) is 1. The van der Waals surface area contributed by atoms with Crippen LogP contribution in [0.2, 0.25) is 0 Å². The summed E-state index contributed by atoms with van der Waals surface area (Å²) >= 11 is 0. The highest BCUT2D eigenvalue weighted by atomic mass is 19.1. The molecular formula is C16H25F2N3. The molecule has 1 aromatic rings. The van der Waals surface area contributed by atoms with Crippen LogP contribution in [0.4, 0.5) is 8.78 Å². The Bertz CT molecular complexity index is 475. The molecule has 0 aliphatic heterocycles. The van der Waals surface area contributed by atoms with Crippen LogP contribution in [-0.4, -0.2) is 25.1 Å². The molecule has 3 nitrogen and oxygen atoms in total. The van der Waals surface area contributed by atoms with Gasteiger partial charge in [-0.2, -0.15) is 0 Å². The maximum atomic E-state index is 13.7. The minimum absolute atomic E-state index is 0.113. The predicted octanol–water partition coefficient (Wildman–Crippen LogP) is 3.42. The second-order valence-corrected chi connectivity index (χ2v) is 5.24. The maximum Gasteiger partial charge on any atom is 0.191 e. The zero-order valence-electron chi connectivity index (χ0n) is 13.2. The molecule has 2 atom stereocenters. The molecule has 0 radical (unpaired) electrons. The number of hydrogen-bond acceptors (Lipinski definition) is 1. The lowest BCUT2D eigenvalue weighted by Gasteiger charge is -2.17. The molecule has 0 spiro atoms. The Kier molecular flexibility index (Phi) is 7.12. The molecule has 0 aliphatic carbocycles. The second-order valence-electron chi connectivity index (χ2n) is 5.24. The van der Waals surface area contributed by atoms with E-state index in [1.807, 2.05) is 13.8 Å². The molecule has 2 unspecified atom stereocenters. The summed E-state index contributed by atoms with van der Waals surface area (Å²) in [6, 6.07) is 4.00. The van der Waals surface area contributed by atoms with Crippen LogP contribution in [0.5, 0.6) is 0 Å². The third-order valence-electron chi connectivity index (χ3n) is 3.36. The minimum atomic E-state index is -0.557. The van der Waals surface area contributed by atoms with Crippen molar-refractivity contribution in [3.63, 3.8) is 0 Å². The van der Waals surface area contributed by atoms with E-state index in [9.17, 15) is 8.78 Å². The predicted molar refractivity (Wildman–Crippen MR) is 83.6 cm³/mol. The lowest BCUT2D eigenvalue weighted by Crippen LogP contribution is -2.42. The highest BCUT2D eigenvalue weighted by Crippen LogP contribution is 2.20. The fourth-order valence-electron chi connectivity index (χ4n) is 1.88. The van der Waals surface area contributed by atoms with Crippen LogP contribution in [0.25, 0.3) is 0 Å². The van der Waals surface area contributed by atoms with Gasteiger partial charge in [0.25, 0.3) is 0 Å². The number of guanidine groups is 1. The normalized spacial score (nSPS) is 14.7. The van der Waals surface area contributed by atoms with Crippen LogP contribution in [0, 0.1) is 11.6 Å². The average Bonchev–Trinajstić information content (AvgIpc) is 2.44. The smallest absolute Gasteiger partial charge is 0.191 e. The van der Waals surface area contributed by atoms with Crippen molar-refractivity contribution in [1.29, 1.82) is 0 Å². The summed E-state index contributed by atoms with van der Waals surface area (Å²) in [7, 11) is 0. The summed E-state index contributed by atoms with van der Waals surface area (Å²) in [4.78, 5) is 4.48. The largest absolute Gasteiger partial charge is 0.357 e. The van der Waals surface area contributed by atoms with Crippen LogP contribution in [0.3, 0.4) is 0 Å². The fraction of sp³-hybridized carbons (Fsp3) is 0.562. The average molecular weight is 297 g/mol. The molecule has 118 valence electrons. The molecule has 1 aromatic carbocycles. The van der Waals surface area contributed by atoms with E-state index in [-0.39, 0.29) is 5.92 Å². The van der Waals surface area contributed by atoms with Crippen molar-refractivity contribution < 1.29 is 8.78 Å². The van der Waals surface area contributed by atoms with E-state index in [0.717, 1.165) is 25.0 Å². The van der Waals surface area contributed by atoms with Crippen molar-refractivity contribution in [2.24, 2.45) is 4.99 Å². The van der Waals surface area contributed by atoms with E-state index >= 15 is 0 Å². The molecule has 2 N–H and O–H groups in total. The number of aliphatic imine (C=N–C) groups is 1. The molecule has 1 rings (SSSR count). The lowest BCUT2D eigenvalue weighted by molar-refractivity contribution is 0.559. The first kappa shape index (κ1) is 17.4. The highest BCUT2D eigenvalue weighted by Gasteiger charge is 2.12. The van der Waals surface area contributed by atoms with E-state index in [4.69, 9.17) is 0 Å². The van der Waals surface area contributed by atoms with E-state index < -0.39 is 11.6 Å². The van der Waals surface area contributed by atoms with E-state index in [2.05, 4.69) is 29.5 Å². The van der Waals surface area contributed by atoms with Gasteiger partial charge < -0.3 is 10.6 Å². The SMILES string of the molecule is CCNC(=NCC(C)c1ccc(F)cc1F)NC(C)CC. The number of nitrogens with one attached hydrogen (secondary N) is 2. The summed E-state index contributed by atoms with van der Waals surface area (Å²) in [5.74, 6) is -0.462. The van der Waals surface area contributed by atoms with Crippen LogP contribution in [0.15, 0.2) is 23.2 Å². The monoisotopic (exact) mass is 297 g/mol. The first-order valence-corrected chi connectivity index (χ1v) is 7.47. The van der Waals surface area contributed by atoms with Gasteiger partial charge in [-0.3, -0.25) is 4.99 Å². The Labute approximate surface area is 125 Å². The van der Waals surface area contributed by atoms with Crippen molar-refractivity contribution >= 4 is 5.96 Å². The van der Waals surface area contributed by atoms with Gasteiger partial charge in [-0.15, -0.1) is 0 Å². The number of benzene rings is 1. The Morgan fingerprint density at radius 2 is 1.95 bits per heavy atom. The van der Waals surface area contributed by atoms with Crippen molar-refractivity contribution in [2.75, 3.05) is 13.1 Å². The van der Waals surface area contributed by atoms with Crippen molar-refractivity contribution in [1.82, 2.24) is 10.6 Å². The highest BCUT2D eigenvalue weighted by molar-refractivity contribution is 5.80. The van der Waals surface area contributed by atoms with Gasteiger partial charge in [0.1, 0.15) is 11.6 Å². The summed E-state index contributed by atoms with van der Waals surface area (Å²) in [6.07, 6.45) is 0.993. The van der Waals surface area contributed by atoms with Gasteiger partial charge in [0.05, 0.1) is 0 Å². The van der Waals surface area contributed by atoms with Gasteiger partial charge in [-0.05, 0) is 31.9 Å². The van der Waals surface area contributed by atoms with E-state index in [1.165, 1.54) is 12.1 Å². The lowest BCUT2D eigenvalue weighted by atomic mass is 10.0. The first-order valence-electron chi connectivity index (χ1n) is 7.47. The molecule has 0 aromatic heterocycles. The maximum absolute atomic E-state index is 13.7. The quantitative estimate of drug-likeness (QED) is 0.623. The van der Waals surface area contributed by atoms with Gasteiger partial charge in [-0.25, -0.2) is 8.78 Å². The Morgan fingerprint density at radius 1 is 1.24 bits per heavy atom. The molecule has 5 heteroatoms. The summed E-state index contributed by atoms with van der Waals surface area (Å²) < 4.78 is 26.6. The molecule has 0 aliphatic rings. The van der Waals surface area contributed by atoms with Crippen LogP contribution < -0.4 is 10.6 Å². The van der Waals surface area contributed by atoms with Crippen LogP contribution in [-0.2, 0) is 0 Å². The molecule has 0 bridgehead atoms. The van der Waals surface area contributed by atoms with Gasteiger partial charge in [0.15, 0.2) is 5.96 Å². The Balaban J connectivity index is 2.74. The molecule has 0 saturated heterocycles. The van der Waals surface area contributed by atoms with E-state index in [0.29, 0.717) is 18.2 Å². The first-order chi connectivity index (χ1) is 9.97. The topological polar surface area (TPSA) is 36.4 Å². The third kappa shape index (κ3) is 5.69. The van der Waals surface area contributed by atoms with Gasteiger partial charge in [0.2, 0.25) is 0 Å². The van der Waals surface area contributed by atoms with Gasteiger partial charge >= 0.3 is 0 Å². The summed E-state index contributed by atoms with van der Waals surface area (Å²) in [5.41, 5.74) is 0.486. The molecule has 0 heterocycles. The number of halogens is 2. The van der Waals surface area contributed by atoms with Gasteiger partial charge in [0, 0.05) is 31.1 Å². The van der Waals surface area contributed by atoms with E-state index in [1.54, 1.807) is 0 Å². The van der Waals surface area contributed by atoms with Crippen molar-refractivity contribution in [3.8, 4) is 0 Å². The standard InChI is InChI=1S/C16H25F2N3/c1-5-12(4)21-16(19-6-2)20-10-11(3)14-8-7-13(17)9-15(14)18/h7-9,11-12H,5-6,10H2,1-4H3,(H2,19,20,21).